The van der Waals surface area contributed by atoms with E-state index in [1.54, 1.807) is 24.3 Å². The Morgan fingerprint density at radius 2 is 1.46 bits per heavy atom. The third-order valence-corrected chi connectivity index (χ3v) is 3.97. The molecule has 3 amide bonds. The van der Waals surface area contributed by atoms with Crippen LogP contribution in [0.4, 0.5) is 16.2 Å². The zero-order chi connectivity index (χ0) is 19.1. The molecule has 2 rings (SSSR count). The fourth-order valence-electron chi connectivity index (χ4n) is 2.48. The van der Waals surface area contributed by atoms with Crippen LogP contribution in [-0.2, 0) is 4.79 Å². The molecule has 3 N–H and O–H groups in total. The molecular formula is C20H25N3O3. The summed E-state index contributed by atoms with van der Waals surface area (Å²) in [5.41, 5.74) is 4.70. The Labute approximate surface area is 153 Å². The highest BCUT2D eigenvalue weighted by Crippen LogP contribution is 2.25. The van der Waals surface area contributed by atoms with Crippen LogP contribution in [0.2, 0.25) is 0 Å². The molecule has 0 aliphatic heterocycles. The van der Waals surface area contributed by atoms with Gasteiger partial charge in [-0.1, -0.05) is 12.1 Å². The van der Waals surface area contributed by atoms with Crippen molar-refractivity contribution in [2.45, 2.75) is 27.7 Å². The molecule has 0 saturated carbocycles. The van der Waals surface area contributed by atoms with E-state index in [-0.39, 0.29) is 11.9 Å². The Kier molecular flexibility index (Phi) is 6.60. The van der Waals surface area contributed by atoms with Gasteiger partial charge in [-0.15, -0.1) is 0 Å². The van der Waals surface area contributed by atoms with Crippen LogP contribution in [-0.4, -0.2) is 25.1 Å². The zero-order valence-corrected chi connectivity index (χ0v) is 15.6. The number of aryl methyl sites for hydroxylation is 2. The largest absolute Gasteiger partial charge is 0.491 e. The first-order valence-electron chi connectivity index (χ1n) is 8.49. The predicted octanol–water partition coefficient (Wildman–Crippen LogP) is 3.77. The molecule has 0 saturated heterocycles. The maximum Gasteiger partial charge on any atom is 0.319 e. The molecule has 0 aliphatic carbocycles. The van der Waals surface area contributed by atoms with Gasteiger partial charge in [0.15, 0.2) is 0 Å². The highest BCUT2D eigenvalue weighted by molar-refractivity contribution is 5.91. The van der Waals surface area contributed by atoms with Crippen molar-refractivity contribution in [2.24, 2.45) is 0 Å². The summed E-state index contributed by atoms with van der Waals surface area (Å²) in [6, 6.07) is 10.7. The summed E-state index contributed by atoms with van der Waals surface area (Å²) in [6.07, 6.45) is 0. The van der Waals surface area contributed by atoms with E-state index in [4.69, 9.17) is 4.74 Å². The van der Waals surface area contributed by atoms with Gasteiger partial charge in [-0.3, -0.25) is 4.79 Å². The van der Waals surface area contributed by atoms with Crippen molar-refractivity contribution in [3.05, 3.63) is 53.1 Å². The average Bonchev–Trinajstić information content (AvgIpc) is 2.59. The number of nitrogens with one attached hydrogen (secondary N) is 3. The molecule has 0 aliphatic rings. The van der Waals surface area contributed by atoms with Crippen molar-refractivity contribution in [2.75, 3.05) is 23.8 Å². The predicted molar refractivity (Wildman–Crippen MR) is 104 cm³/mol. The third kappa shape index (κ3) is 5.51. The average molecular weight is 355 g/mol. The van der Waals surface area contributed by atoms with Crippen LogP contribution in [0.1, 0.15) is 23.6 Å². The normalized spacial score (nSPS) is 10.2. The van der Waals surface area contributed by atoms with E-state index >= 15 is 0 Å². The van der Waals surface area contributed by atoms with E-state index in [9.17, 15) is 9.59 Å². The number of carbonyl (C=O) groups is 2. The molecule has 0 aromatic heterocycles. The van der Waals surface area contributed by atoms with Crippen LogP contribution >= 0.6 is 0 Å². The standard InChI is InChI=1S/C20H25N3O3/c1-13-5-6-14(2)19(15(13)3)26-12-11-21-20(25)23-18-9-7-17(8-10-18)22-16(4)24/h5-10H,11-12H2,1-4H3,(H,22,24)(H2,21,23,25). The first-order valence-corrected chi connectivity index (χ1v) is 8.49. The number of carbonyl (C=O) groups excluding carboxylic acids is 2. The van der Waals surface area contributed by atoms with Crippen molar-refractivity contribution in [3.63, 3.8) is 0 Å². The summed E-state index contributed by atoms with van der Waals surface area (Å²) < 4.78 is 5.82. The van der Waals surface area contributed by atoms with E-state index in [0.717, 1.165) is 16.9 Å². The second-order valence-corrected chi connectivity index (χ2v) is 6.14. The van der Waals surface area contributed by atoms with Gasteiger partial charge in [0.2, 0.25) is 5.91 Å². The fourth-order valence-corrected chi connectivity index (χ4v) is 2.48. The number of hydrogen-bond acceptors (Lipinski definition) is 3. The van der Waals surface area contributed by atoms with Gasteiger partial charge in [-0.2, -0.15) is 0 Å². The van der Waals surface area contributed by atoms with E-state index in [2.05, 4.69) is 22.0 Å². The quantitative estimate of drug-likeness (QED) is 0.690. The molecule has 6 heteroatoms. The number of benzene rings is 2. The summed E-state index contributed by atoms with van der Waals surface area (Å²) in [6.45, 7) is 8.31. The Bertz CT molecular complexity index is 786. The van der Waals surface area contributed by atoms with Crippen molar-refractivity contribution in [3.8, 4) is 5.75 Å². The summed E-state index contributed by atoms with van der Waals surface area (Å²) in [5.74, 6) is 0.739. The van der Waals surface area contributed by atoms with Crippen LogP contribution in [0, 0.1) is 20.8 Å². The lowest BCUT2D eigenvalue weighted by atomic mass is 10.1. The van der Waals surface area contributed by atoms with Crippen molar-refractivity contribution >= 4 is 23.3 Å². The number of hydrogen-bond donors (Lipinski definition) is 3. The van der Waals surface area contributed by atoms with E-state index in [1.807, 2.05) is 26.8 Å². The van der Waals surface area contributed by atoms with Crippen LogP contribution in [0.15, 0.2) is 36.4 Å². The summed E-state index contributed by atoms with van der Waals surface area (Å²) >= 11 is 0. The summed E-state index contributed by atoms with van der Waals surface area (Å²) in [7, 11) is 0. The van der Waals surface area contributed by atoms with Crippen LogP contribution in [0.3, 0.4) is 0 Å². The molecule has 0 atom stereocenters. The van der Waals surface area contributed by atoms with Gasteiger partial charge >= 0.3 is 6.03 Å². The first kappa shape index (κ1) is 19.3. The second kappa shape index (κ2) is 8.89. The zero-order valence-electron chi connectivity index (χ0n) is 15.6. The smallest absolute Gasteiger partial charge is 0.319 e. The molecular weight excluding hydrogens is 330 g/mol. The number of amides is 3. The first-order chi connectivity index (χ1) is 12.4. The van der Waals surface area contributed by atoms with Gasteiger partial charge in [0.05, 0.1) is 6.54 Å². The van der Waals surface area contributed by atoms with Crippen LogP contribution in [0.5, 0.6) is 5.75 Å². The number of anilines is 2. The van der Waals surface area contributed by atoms with Crippen molar-refractivity contribution < 1.29 is 14.3 Å². The van der Waals surface area contributed by atoms with Gasteiger partial charge < -0.3 is 20.7 Å². The summed E-state index contributed by atoms with van der Waals surface area (Å²) in [4.78, 5) is 22.9. The summed E-state index contributed by atoms with van der Waals surface area (Å²) in [5, 5.41) is 8.16. The minimum absolute atomic E-state index is 0.137. The molecule has 26 heavy (non-hydrogen) atoms. The Hall–Kier alpha value is -3.02. The van der Waals surface area contributed by atoms with E-state index < -0.39 is 0 Å². The monoisotopic (exact) mass is 355 g/mol. The van der Waals surface area contributed by atoms with E-state index in [1.165, 1.54) is 12.5 Å². The molecule has 138 valence electrons. The molecule has 0 fully saturated rings. The number of rotatable bonds is 6. The Balaban J connectivity index is 1.77. The molecule has 0 radical (unpaired) electrons. The maximum atomic E-state index is 11.9. The van der Waals surface area contributed by atoms with Gasteiger partial charge in [-0.25, -0.2) is 4.79 Å². The molecule has 0 heterocycles. The minimum atomic E-state index is -0.307. The molecule has 2 aromatic carbocycles. The molecule has 0 bridgehead atoms. The number of urea groups is 1. The van der Waals surface area contributed by atoms with Gasteiger partial charge in [0.25, 0.3) is 0 Å². The van der Waals surface area contributed by atoms with Crippen molar-refractivity contribution in [1.29, 1.82) is 0 Å². The number of ether oxygens (including phenoxy) is 1. The molecule has 0 unspecified atom stereocenters. The van der Waals surface area contributed by atoms with Gasteiger partial charge in [0, 0.05) is 18.3 Å². The van der Waals surface area contributed by atoms with E-state index in [0.29, 0.717) is 24.5 Å². The lowest BCUT2D eigenvalue weighted by Gasteiger charge is -2.14. The minimum Gasteiger partial charge on any atom is -0.491 e. The Morgan fingerprint density at radius 1 is 0.885 bits per heavy atom. The van der Waals surface area contributed by atoms with Gasteiger partial charge in [0.1, 0.15) is 12.4 Å². The molecule has 0 spiro atoms. The SMILES string of the molecule is CC(=O)Nc1ccc(NC(=O)NCCOc2c(C)ccc(C)c2C)cc1. The lowest BCUT2D eigenvalue weighted by molar-refractivity contribution is -0.114. The van der Waals surface area contributed by atoms with Crippen molar-refractivity contribution in [1.82, 2.24) is 5.32 Å². The lowest BCUT2D eigenvalue weighted by Crippen LogP contribution is -2.32. The highest BCUT2D eigenvalue weighted by Gasteiger charge is 2.07. The molecule has 6 nitrogen and oxygen atoms in total. The fraction of sp³-hybridized carbons (Fsp3) is 0.300. The topological polar surface area (TPSA) is 79.5 Å². The van der Waals surface area contributed by atoms with Gasteiger partial charge in [-0.05, 0) is 61.7 Å². The third-order valence-electron chi connectivity index (χ3n) is 3.97. The highest BCUT2D eigenvalue weighted by atomic mass is 16.5. The van der Waals surface area contributed by atoms with Crippen LogP contribution < -0.4 is 20.7 Å². The maximum absolute atomic E-state index is 11.9. The Morgan fingerprint density at radius 3 is 2.08 bits per heavy atom. The van der Waals surface area contributed by atoms with Crippen LogP contribution in [0.25, 0.3) is 0 Å². The molecule has 2 aromatic rings. The second-order valence-electron chi connectivity index (χ2n) is 6.14.